The van der Waals surface area contributed by atoms with Crippen LogP contribution in [0.25, 0.3) is 0 Å². The largest absolute Gasteiger partial charge is 0.467 e. The minimum Gasteiger partial charge on any atom is -0.467 e. The van der Waals surface area contributed by atoms with Gasteiger partial charge in [0.15, 0.2) is 6.10 Å². The molecule has 3 atom stereocenters. The molecule has 2 N–H and O–H groups in total. The SMILES string of the molecule is COC(=O)[C@@H](NC(=O)[C@H](O)c1ccc(C(F)(F)F)cc1)[C@@H]1CCCC(=O)C1. The molecular formula is C18H20F3NO5. The molecular weight excluding hydrogens is 367 g/mol. The molecule has 1 fully saturated rings. The average Bonchev–Trinajstić information content (AvgIpc) is 2.64. The number of Topliss-reactive ketones (excluding diaryl/α,β-unsaturated/α-hetero) is 1. The number of esters is 1. The first-order chi connectivity index (χ1) is 12.6. The molecule has 0 spiro atoms. The van der Waals surface area contributed by atoms with E-state index >= 15 is 0 Å². The topological polar surface area (TPSA) is 92.7 Å². The predicted molar refractivity (Wildman–Crippen MR) is 87.3 cm³/mol. The zero-order valence-electron chi connectivity index (χ0n) is 14.6. The zero-order valence-corrected chi connectivity index (χ0v) is 14.6. The molecule has 0 unspecified atom stereocenters. The van der Waals surface area contributed by atoms with E-state index in [0.29, 0.717) is 19.3 Å². The molecule has 0 aromatic heterocycles. The Balaban J connectivity index is 2.11. The van der Waals surface area contributed by atoms with E-state index in [9.17, 15) is 32.7 Å². The van der Waals surface area contributed by atoms with Crippen molar-refractivity contribution in [2.75, 3.05) is 7.11 Å². The van der Waals surface area contributed by atoms with Gasteiger partial charge in [-0.15, -0.1) is 0 Å². The molecule has 0 radical (unpaired) electrons. The van der Waals surface area contributed by atoms with E-state index in [1.807, 2.05) is 0 Å². The van der Waals surface area contributed by atoms with Crippen LogP contribution in [-0.2, 0) is 25.3 Å². The van der Waals surface area contributed by atoms with E-state index in [0.717, 1.165) is 31.4 Å². The van der Waals surface area contributed by atoms with Crippen LogP contribution in [0.4, 0.5) is 13.2 Å². The minimum atomic E-state index is -4.53. The summed E-state index contributed by atoms with van der Waals surface area (Å²) in [6, 6.07) is 2.37. The predicted octanol–water partition coefficient (Wildman–Crippen LogP) is 2.16. The third-order valence-corrected chi connectivity index (χ3v) is 4.55. The number of alkyl halides is 3. The van der Waals surface area contributed by atoms with Crippen LogP contribution in [0.15, 0.2) is 24.3 Å². The molecule has 0 aliphatic heterocycles. The van der Waals surface area contributed by atoms with Crippen molar-refractivity contribution in [2.45, 2.75) is 44.0 Å². The van der Waals surface area contributed by atoms with Gasteiger partial charge < -0.3 is 15.2 Å². The van der Waals surface area contributed by atoms with Gasteiger partial charge in [-0.25, -0.2) is 4.79 Å². The molecule has 1 aromatic rings. The summed E-state index contributed by atoms with van der Waals surface area (Å²) in [6.07, 6.45) is -4.67. The van der Waals surface area contributed by atoms with Crippen molar-refractivity contribution in [2.24, 2.45) is 5.92 Å². The highest BCUT2D eigenvalue weighted by atomic mass is 19.4. The van der Waals surface area contributed by atoms with Gasteiger partial charge in [0, 0.05) is 12.8 Å². The lowest BCUT2D eigenvalue weighted by Crippen LogP contribution is -2.49. The molecule has 9 heteroatoms. The van der Waals surface area contributed by atoms with Crippen LogP contribution < -0.4 is 5.32 Å². The van der Waals surface area contributed by atoms with Crippen LogP contribution in [0.3, 0.4) is 0 Å². The average molecular weight is 387 g/mol. The summed E-state index contributed by atoms with van der Waals surface area (Å²) < 4.78 is 42.5. The Morgan fingerprint density at radius 1 is 1.26 bits per heavy atom. The Labute approximate surface area is 153 Å². The lowest BCUT2D eigenvalue weighted by atomic mass is 9.83. The second-order valence-corrected chi connectivity index (χ2v) is 6.43. The fourth-order valence-corrected chi connectivity index (χ4v) is 3.08. The van der Waals surface area contributed by atoms with Crippen molar-refractivity contribution in [3.05, 3.63) is 35.4 Å². The third kappa shape index (κ3) is 5.29. The number of rotatable bonds is 5. The van der Waals surface area contributed by atoms with Crippen molar-refractivity contribution in [1.82, 2.24) is 5.32 Å². The third-order valence-electron chi connectivity index (χ3n) is 4.55. The maximum Gasteiger partial charge on any atom is 0.416 e. The molecule has 0 heterocycles. The second-order valence-electron chi connectivity index (χ2n) is 6.43. The van der Waals surface area contributed by atoms with Crippen LogP contribution in [0.5, 0.6) is 0 Å². The Bertz CT molecular complexity index is 702. The number of carbonyl (C=O) groups excluding carboxylic acids is 3. The lowest BCUT2D eigenvalue weighted by molar-refractivity contribution is -0.149. The number of hydrogen-bond donors (Lipinski definition) is 2. The standard InChI is InChI=1S/C18H20F3NO5/c1-27-17(26)14(11-3-2-4-13(23)9-11)22-16(25)15(24)10-5-7-12(8-6-10)18(19,20)21/h5-8,11,14-15,24H,2-4,9H2,1H3,(H,22,25)/t11-,14+,15-/m1/s1. The summed E-state index contributed by atoms with van der Waals surface area (Å²) in [6.45, 7) is 0. The number of methoxy groups -OCH3 is 1. The van der Waals surface area contributed by atoms with Crippen LogP contribution in [0.2, 0.25) is 0 Å². The Hall–Kier alpha value is -2.42. The van der Waals surface area contributed by atoms with E-state index in [-0.39, 0.29) is 17.8 Å². The number of ketones is 1. The van der Waals surface area contributed by atoms with Gasteiger partial charge >= 0.3 is 12.1 Å². The van der Waals surface area contributed by atoms with Gasteiger partial charge in [0.2, 0.25) is 0 Å². The van der Waals surface area contributed by atoms with Crippen molar-refractivity contribution >= 4 is 17.7 Å². The molecule has 1 aliphatic carbocycles. The van der Waals surface area contributed by atoms with Crippen molar-refractivity contribution in [3.63, 3.8) is 0 Å². The molecule has 2 rings (SSSR count). The van der Waals surface area contributed by atoms with E-state index in [1.54, 1.807) is 0 Å². The molecule has 1 saturated carbocycles. The number of hydrogen-bond acceptors (Lipinski definition) is 5. The van der Waals surface area contributed by atoms with Crippen molar-refractivity contribution in [3.8, 4) is 0 Å². The second kappa shape index (κ2) is 8.51. The smallest absolute Gasteiger partial charge is 0.416 e. The van der Waals surface area contributed by atoms with Crippen LogP contribution in [0, 0.1) is 5.92 Å². The molecule has 1 aliphatic rings. The normalized spacial score (nSPS) is 19.9. The van der Waals surface area contributed by atoms with Gasteiger partial charge in [-0.3, -0.25) is 9.59 Å². The van der Waals surface area contributed by atoms with E-state index in [4.69, 9.17) is 0 Å². The van der Waals surface area contributed by atoms with Gasteiger partial charge in [0.05, 0.1) is 12.7 Å². The van der Waals surface area contributed by atoms with Gasteiger partial charge in [-0.1, -0.05) is 12.1 Å². The zero-order chi connectivity index (χ0) is 20.2. The van der Waals surface area contributed by atoms with Gasteiger partial charge in [0.25, 0.3) is 5.91 Å². The van der Waals surface area contributed by atoms with E-state index < -0.39 is 41.7 Å². The van der Waals surface area contributed by atoms with Crippen molar-refractivity contribution < 1.29 is 37.4 Å². The molecule has 0 saturated heterocycles. The molecule has 1 amide bonds. The van der Waals surface area contributed by atoms with Gasteiger partial charge in [0.1, 0.15) is 11.8 Å². The van der Waals surface area contributed by atoms with E-state index in [2.05, 4.69) is 10.1 Å². The molecule has 27 heavy (non-hydrogen) atoms. The van der Waals surface area contributed by atoms with E-state index in [1.165, 1.54) is 0 Å². The summed E-state index contributed by atoms with van der Waals surface area (Å²) >= 11 is 0. The highest BCUT2D eigenvalue weighted by Crippen LogP contribution is 2.30. The Morgan fingerprint density at radius 2 is 1.89 bits per heavy atom. The first-order valence-corrected chi connectivity index (χ1v) is 8.38. The van der Waals surface area contributed by atoms with Gasteiger partial charge in [-0.2, -0.15) is 13.2 Å². The van der Waals surface area contributed by atoms with Crippen LogP contribution in [0.1, 0.15) is 42.9 Å². The molecule has 148 valence electrons. The highest BCUT2D eigenvalue weighted by molar-refractivity contribution is 5.88. The fraction of sp³-hybridized carbons (Fsp3) is 0.500. The molecule has 1 aromatic carbocycles. The number of aliphatic hydroxyl groups excluding tert-OH is 1. The Morgan fingerprint density at radius 3 is 2.41 bits per heavy atom. The summed E-state index contributed by atoms with van der Waals surface area (Å²) in [4.78, 5) is 36.0. The summed E-state index contributed by atoms with van der Waals surface area (Å²) in [5.41, 5.74) is -0.962. The minimum absolute atomic E-state index is 0.0299. The Kier molecular flexibility index (Phi) is 6.59. The number of amides is 1. The van der Waals surface area contributed by atoms with Gasteiger partial charge in [-0.05, 0) is 36.5 Å². The molecule has 0 bridgehead atoms. The maximum atomic E-state index is 12.6. The molecule has 6 nitrogen and oxygen atoms in total. The number of nitrogens with one attached hydrogen (secondary N) is 1. The van der Waals surface area contributed by atoms with Crippen molar-refractivity contribution in [1.29, 1.82) is 0 Å². The maximum absolute atomic E-state index is 12.6. The number of benzene rings is 1. The highest BCUT2D eigenvalue weighted by Gasteiger charge is 2.36. The fourth-order valence-electron chi connectivity index (χ4n) is 3.08. The quantitative estimate of drug-likeness (QED) is 0.756. The summed E-state index contributed by atoms with van der Waals surface area (Å²) in [7, 11) is 1.14. The lowest BCUT2D eigenvalue weighted by Gasteiger charge is -2.29. The number of halogens is 3. The van der Waals surface area contributed by atoms with Crippen LogP contribution in [-0.4, -0.2) is 35.9 Å². The monoisotopic (exact) mass is 387 g/mol. The number of carbonyl (C=O) groups is 3. The number of ether oxygens (including phenoxy) is 1. The van der Waals surface area contributed by atoms with Crippen LogP contribution >= 0.6 is 0 Å². The summed E-state index contributed by atoms with van der Waals surface area (Å²) in [5, 5.41) is 12.5. The first-order valence-electron chi connectivity index (χ1n) is 8.38. The first kappa shape index (κ1) is 20.9. The number of aliphatic hydroxyl groups is 1. The summed E-state index contributed by atoms with van der Waals surface area (Å²) in [5.74, 6) is -2.19.